The number of nitrogens with zero attached hydrogens (tertiary/aromatic N) is 2. The van der Waals surface area contributed by atoms with Gasteiger partial charge in [0, 0.05) is 22.1 Å². The highest BCUT2D eigenvalue weighted by molar-refractivity contribution is 6.05. The van der Waals surface area contributed by atoms with Crippen molar-refractivity contribution >= 4 is 21.5 Å². The second-order valence-electron chi connectivity index (χ2n) is 14.6. The van der Waals surface area contributed by atoms with Gasteiger partial charge in [0.15, 0.2) is 5.82 Å². The van der Waals surface area contributed by atoms with E-state index in [-0.39, 0.29) is 5.41 Å². The van der Waals surface area contributed by atoms with Gasteiger partial charge in [0.2, 0.25) is 0 Å². The molecule has 250 valence electrons. The minimum atomic E-state index is -0.106. The van der Waals surface area contributed by atoms with Crippen molar-refractivity contribution in [3.8, 4) is 67.3 Å². The van der Waals surface area contributed by atoms with Gasteiger partial charge in [-0.15, -0.1) is 0 Å². The molecule has 1 aromatic heterocycles. The molecule has 53 heavy (non-hydrogen) atoms. The SMILES string of the molecule is CC1(C)c2cc(-c3ccc(-c4cc(-c5ccc(-c6ccccc6)cc5)nc(-c5ccccc5)n4)c4ccccc34)ccc2-c2cc3ccccc3cc21. The van der Waals surface area contributed by atoms with Crippen LogP contribution in [0.25, 0.3) is 88.8 Å². The van der Waals surface area contributed by atoms with Gasteiger partial charge in [-0.05, 0) is 90.3 Å². The van der Waals surface area contributed by atoms with Crippen LogP contribution in [-0.4, -0.2) is 9.97 Å². The second-order valence-corrected chi connectivity index (χ2v) is 14.6. The predicted octanol–water partition coefficient (Wildman–Crippen LogP) is 13.4. The van der Waals surface area contributed by atoms with Gasteiger partial charge in [-0.2, -0.15) is 0 Å². The molecule has 0 spiro atoms. The lowest BCUT2D eigenvalue weighted by Gasteiger charge is -2.22. The van der Waals surface area contributed by atoms with E-state index in [1.165, 1.54) is 66.1 Å². The summed E-state index contributed by atoms with van der Waals surface area (Å²) < 4.78 is 0. The molecule has 0 N–H and O–H groups in total. The number of aromatic nitrogens is 2. The zero-order valence-corrected chi connectivity index (χ0v) is 29.7. The van der Waals surface area contributed by atoms with Crippen molar-refractivity contribution in [2.75, 3.05) is 0 Å². The first-order chi connectivity index (χ1) is 26.0. The van der Waals surface area contributed by atoms with Gasteiger partial charge in [0.1, 0.15) is 0 Å². The van der Waals surface area contributed by atoms with Crippen LogP contribution in [0.4, 0.5) is 0 Å². The van der Waals surface area contributed by atoms with Crippen molar-refractivity contribution in [3.05, 3.63) is 193 Å². The number of hydrogen-bond acceptors (Lipinski definition) is 2. The Morgan fingerprint density at radius 1 is 0.340 bits per heavy atom. The first kappa shape index (κ1) is 31.1. The van der Waals surface area contributed by atoms with E-state index in [9.17, 15) is 0 Å². The van der Waals surface area contributed by atoms with Gasteiger partial charge in [-0.25, -0.2) is 9.97 Å². The third-order valence-electron chi connectivity index (χ3n) is 11.1. The molecular weight excluding hydrogens is 641 g/mol. The summed E-state index contributed by atoms with van der Waals surface area (Å²) in [5.41, 5.74) is 15.1. The Bertz CT molecular complexity index is 2830. The topological polar surface area (TPSA) is 25.8 Å². The first-order valence-electron chi connectivity index (χ1n) is 18.3. The molecule has 0 saturated carbocycles. The van der Waals surface area contributed by atoms with Crippen molar-refractivity contribution in [1.29, 1.82) is 0 Å². The summed E-state index contributed by atoms with van der Waals surface area (Å²) in [5, 5.41) is 4.95. The normalized spacial score (nSPS) is 12.9. The van der Waals surface area contributed by atoms with Crippen molar-refractivity contribution in [2.45, 2.75) is 19.3 Å². The van der Waals surface area contributed by atoms with E-state index >= 15 is 0 Å². The molecule has 0 aliphatic heterocycles. The minimum absolute atomic E-state index is 0.106. The van der Waals surface area contributed by atoms with Crippen LogP contribution in [-0.2, 0) is 5.41 Å². The largest absolute Gasteiger partial charge is 0.228 e. The van der Waals surface area contributed by atoms with Gasteiger partial charge in [-0.1, -0.05) is 172 Å². The van der Waals surface area contributed by atoms with E-state index in [4.69, 9.17) is 9.97 Å². The molecule has 1 aliphatic carbocycles. The Kier molecular flexibility index (Phi) is 7.19. The molecule has 2 heteroatoms. The van der Waals surface area contributed by atoms with E-state index < -0.39 is 0 Å². The number of hydrogen-bond donors (Lipinski definition) is 0. The molecule has 1 aliphatic rings. The highest BCUT2D eigenvalue weighted by Crippen LogP contribution is 2.51. The molecule has 0 bridgehead atoms. The maximum Gasteiger partial charge on any atom is 0.160 e. The molecule has 0 atom stereocenters. The predicted molar refractivity (Wildman–Crippen MR) is 222 cm³/mol. The molecule has 8 aromatic carbocycles. The van der Waals surface area contributed by atoms with E-state index in [0.717, 1.165) is 28.1 Å². The maximum atomic E-state index is 5.22. The minimum Gasteiger partial charge on any atom is -0.228 e. The molecule has 1 heterocycles. The van der Waals surface area contributed by atoms with Crippen LogP contribution in [0.1, 0.15) is 25.0 Å². The summed E-state index contributed by atoms with van der Waals surface area (Å²) >= 11 is 0. The molecule has 0 amide bonds. The average Bonchev–Trinajstić information content (AvgIpc) is 3.44. The van der Waals surface area contributed by atoms with Crippen LogP contribution in [0.3, 0.4) is 0 Å². The Balaban J connectivity index is 1.10. The summed E-state index contributed by atoms with van der Waals surface area (Å²) in [5.74, 6) is 0.714. The molecule has 0 saturated heterocycles. The molecule has 0 radical (unpaired) electrons. The molecule has 0 fully saturated rings. The fraction of sp³-hybridized carbons (Fsp3) is 0.0588. The van der Waals surface area contributed by atoms with Gasteiger partial charge in [0.05, 0.1) is 11.4 Å². The lowest BCUT2D eigenvalue weighted by atomic mass is 9.81. The quantitative estimate of drug-likeness (QED) is 0.181. The van der Waals surface area contributed by atoms with E-state index in [2.05, 4.69) is 178 Å². The van der Waals surface area contributed by atoms with Crippen molar-refractivity contribution in [3.63, 3.8) is 0 Å². The van der Waals surface area contributed by atoms with Crippen molar-refractivity contribution < 1.29 is 0 Å². The van der Waals surface area contributed by atoms with Gasteiger partial charge in [0.25, 0.3) is 0 Å². The zero-order chi connectivity index (χ0) is 35.5. The number of rotatable bonds is 5. The van der Waals surface area contributed by atoms with Crippen LogP contribution >= 0.6 is 0 Å². The summed E-state index contributed by atoms with van der Waals surface area (Å²) in [6.07, 6.45) is 0. The summed E-state index contributed by atoms with van der Waals surface area (Å²) in [6, 6.07) is 65.4. The Morgan fingerprint density at radius 3 is 1.58 bits per heavy atom. The molecule has 9 aromatic rings. The first-order valence-corrected chi connectivity index (χ1v) is 18.3. The fourth-order valence-corrected chi connectivity index (χ4v) is 8.28. The van der Waals surface area contributed by atoms with E-state index in [1.54, 1.807) is 0 Å². The maximum absolute atomic E-state index is 5.22. The van der Waals surface area contributed by atoms with Crippen LogP contribution in [0, 0.1) is 0 Å². The van der Waals surface area contributed by atoms with Gasteiger partial charge >= 0.3 is 0 Å². The summed E-state index contributed by atoms with van der Waals surface area (Å²) in [6.45, 7) is 4.73. The molecule has 0 unspecified atom stereocenters. The fourth-order valence-electron chi connectivity index (χ4n) is 8.28. The molecule has 10 rings (SSSR count). The smallest absolute Gasteiger partial charge is 0.160 e. The van der Waals surface area contributed by atoms with Crippen LogP contribution in [0.15, 0.2) is 182 Å². The molecule has 2 nitrogen and oxygen atoms in total. The van der Waals surface area contributed by atoms with Gasteiger partial charge in [-0.3, -0.25) is 0 Å². The standard InChI is InChI=1S/C51H36N2/c1-51(2)46-31-39(25-26-43(46)45-29-37-17-9-10-18-38(37)30-47(45)51)40-27-28-44(42-20-12-11-19-41(40)42)49-32-48(52-50(53-49)36-15-7-4-8-16-36)35-23-21-34(22-24-35)33-13-5-3-6-14-33/h3-32H,1-2H3. The van der Waals surface area contributed by atoms with Gasteiger partial charge < -0.3 is 0 Å². The number of fused-ring (bicyclic) bond motifs is 5. The van der Waals surface area contributed by atoms with E-state index in [1.807, 2.05) is 18.2 Å². The van der Waals surface area contributed by atoms with Crippen LogP contribution < -0.4 is 0 Å². The summed E-state index contributed by atoms with van der Waals surface area (Å²) in [7, 11) is 0. The number of benzene rings is 8. The summed E-state index contributed by atoms with van der Waals surface area (Å²) in [4.78, 5) is 10.3. The van der Waals surface area contributed by atoms with Crippen LogP contribution in [0.5, 0.6) is 0 Å². The Morgan fingerprint density at radius 2 is 0.849 bits per heavy atom. The highest BCUT2D eigenvalue weighted by atomic mass is 14.9. The lowest BCUT2D eigenvalue weighted by molar-refractivity contribution is 0.661. The zero-order valence-electron chi connectivity index (χ0n) is 29.7. The van der Waals surface area contributed by atoms with Crippen molar-refractivity contribution in [2.24, 2.45) is 0 Å². The second kappa shape index (κ2) is 12.3. The lowest BCUT2D eigenvalue weighted by Crippen LogP contribution is -2.15. The third-order valence-corrected chi connectivity index (χ3v) is 11.1. The van der Waals surface area contributed by atoms with E-state index in [0.29, 0.717) is 5.82 Å². The van der Waals surface area contributed by atoms with Crippen LogP contribution in [0.2, 0.25) is 0 Å². The monoisotopic (exact) mass is 676 g/mol. The highest BCUT2D eigenvalue weighted by Gasteiger charge is 2.36. The Hall–Kier alpha value is -6.64. The third kappa shape index (κ3) is 5.26. The molecular formula is C51H36N2. The average molecular weight is 677 g/mol. The Labute approximate surface area is 310 Å². The van der Waals surface area contributed by atoms with Crippen molar-refractivity contribution in [1.82, 2.24) is 9.97 Å².